The van der Waals surface area contributed by atoms with Crippen molar-refractivity contribution in [3.63, 3.8) is 0 Å². The molecule has 2 heteroatoms. The first-order valence-corrected chi connectivity index (χ1v) is 21.0. The van der Waals surface area contributed by atoms with Crippen molar-refractivity contribution in [3.05, 3.63) is 0 Å². The molecule has 0 aliphatic heterocycles. The highest BCUT2D eigenvalue weighted by atomic mass is 19.1. The van der Waals surface area contributed by atoms with Crippen molar-refractivity contribution >= 4 is 0 Å². The summed E-state index contributed by atoms with van der Waals surface area (Å²) in [6, 6.07) is 0. The molecule has 0 radical (unpaired) electrons. The molecule has 0 aromatic rings. The van der Waals surface area contributed by atoms with Crippen LogP contribution < -0.4 is 0 Å². The molecule has 49 heavy (non-hydrogen) atoms. The number of fused-ring (bicyclic) bond motifs is 3. The van der Waals surface area contributed by atoms with Crippen molar-refractivity contribution in [2.24, 2.45) is 73.9 Å². The van der Waals surface area contributed by atoms with Gasteiger partial charge in [-0.05, 0) is 196 Å². The number of hydrogen-bond donors (Lipinski definition) is 0. The summed E-state index contributed by atoms with van der Waals surface area (Å²) in [6.45, 7) is 25.7. The minimum atomic E-state index is -0.753. The Labute approximate surface area is 306 Å². The molecular formula is C47H86F2. The minimum Gasteiger partial charge on any atom is -0.244 e. The van der Waals surface area contributed by atoms with Crippen LogP contribution in [0.2, 0.25) is 0 Å². The van der Waals surface area contributed by atoms with Gasteiger partial charge in [-0.25, -0.2) is 8.78 Å². The Morgan fingerprint density at radius 1 is 0.429 bits per heavy atom. The van der Waals surface area contributed by atoms with Gasteiger partial charge in [-0.15, -0.1) is 0 Å². The maximum Gasteiger partial charge on any atom is 0.112 e. The molecular weight excluding hydrogens is 603 g/mol. The van der Waals surface area contributed by atoms with Gasteiger partial charge in [0.15, 0.2) is 0 Å². The van der Waals surface area contributed by atoms with Gasteiger partial charge in [0.1, 0.15) is 11.3 Å². The highest BCUT2D eigenvalue weighted by Gasteiger charge is 2.69. The van der Waals surface area contributed by atoms with Crippen molar-refractivity contribution in [1.29, 1.82) is 0 Å². The third-order valence-corrected chi connectivity index (χ3v) is 17.8. The predicted molar refractivity (Wildman–Crippen MR) is 210 cm³/mol. The van der Waals surface area contributed by atoms with Crippen LogP contribution in [-0.4, -0.2) is 11.3 Å². The molecule has 14 aliphatic rings. The largest absolute Gasteiger partial charge is 0.244 e. The predicted octanol–water partition coefficient (Wildman–Crippen LogP) is 15.6. The Balaban J connectivity index is 0.000000137. The van der Waals surface area contributed by atoms with E-state index in [1.165, 1.54) is 19.3 Å². The molecule has 14 aliphatic carbocycles. The molecule has 0 aromatic heterocycles. The first-order valence-electron chi connectivity index (χ1n) is 21.0. The van der Waals surface area contributed by atoms with Gasteiger partial charge in [-0.2, -0.15) is 0 Å². The third kappa shape index (κ3) is 7.63. The Bertz CT molecular complexity index is 990. The lowest BCUT2D eigenvalue weighted by molar-refractivity contribution is -0.236. The van der Waals surface area contributed by atoms with Crippen LogP contribution in [0.3, 0.4) is 0 Å². The first kappa shape index (κ1) is 41.6. The van der Waals surface area contributed by atoms with Crippen LogP contribution in [0.5, 0.6) is 0 Å². The molecule has 0 nitrogen and oxygen atoms in total. The van der Waals surface area contributed by atoms with Crippen molar-refractivity contribution in [3.8, 4) is 0 Å². The van der Waals surface area contributed by atoms with Gasteiger partial charge in [0.2, 0.25) is 0 Å². The fourth-order valence-corrected chi connectivity index (χ4v) is 12.8. The van der Waals surface area contributed by atoms with Crippen LogP contribution in [0.25, 0.3) is 0 Å². The van der Waals surface area contributed by atoms with Gasteiger partial charge >= 0.3 is 0 Å². The number of rotatable bonds is 5. The zero-order valence-electron chi connectivity index (χ0n) is 33.2. The lowest BCUT2D eigenvalue weighted by Crippen LogP contribution is -2.66. The molecule has 0 amide bonds. The molecule has 0 N–H and O–H groups in total. The van der Waals surface area contributed by atoms with Crippen molar-refractivity contribution < 1.29 is 8.78 Å². The first-order chi connectivity index (χ1) is 21.6. The summed E-state index contributed by atoms with van der Waals surface area (Å²) < 4.78 is 26.6. The van der Waals surface area contributed by atoms with E-state index in [9.17, 15) is 8.78 Å². The molecule has 0 aromatic carbocycles. The Morgan fingerprint density at radius 2 is 0.796 bits per heavy atom. The molecule has 0 unspecified atom stereocenters. The van der Waals surface area contributed by atoms with E-state index in [0.717, 1.165) is 115 Å². The summed E-state index contributed by atoms with van der Waals surface area (Å²) in [6.07, 6.45) is 24.0. The van der Waals surface area contributed by atoms with Crippen molar-refractivity contribution in [1.82, 2.24) is 0 Å². The summed E-state index contributed by atoms with van der Waals surface area (Å²) in [7, 11) is 0. The van der Waals surface area contributed by atoms with Crippen LogP contribution in [0.15, 0.2) is 0 Å². The van der Waals surface area contributed by atoms with Gasteiger partial charge in [-0.1, -0.05) is 91.0 Å². The molecule has 14 saturated carbocycles. The van der Waals surface area contributed by atoms with Crippen molar-refractivity contribution in [2.75, 3.05) is 0 Å². The summed E-state index contributed by atoms with van der Waals surface area (Å²) in [4.78, 5) is 0. The van der Waals surface area contributed by atoms with E-state index >= 15 is 0 Å². The molecule has 0 atom stereocenters. The Hall–Kier alpha value is -0.140. The SMILES string of the molecule is C.C.CC(C)C12CC(C)(C1)C2.CC(C)C12CC(C1)C2.CC(C)C12CC(F)(C1)C2.CC(C)C12CCC(F)(CC1)CC2.CC(C)C1CC2(CC2)C1. The van der Waals surface area contributed by atoms with Crippen LogP contribution in [0.4, 0.5) is 8.78 Å². The van der Waals surface area contributed by atoms with Gasteiger partial charge in [0.25, 0.3) is 0 Å². The monoisotopic (exact) mass is 689 g/mol. The van der Waals surface area contributed by atoms with Gasteiger partial charge in [-0.3, -0.25) is 0 Å². The highest BCUT2D eigenvalue weighted by Crippen LogP contribution is 2.76. The molecule has 0 heterocycles. The van der Waals surface area contributed by atoms with Gasteiger partial charge in [0.05, 0.1) is 0 Å². The molecule has 1 spiro atoms. The van der Waals surface area contributed by atoms with E-state index in [2.05, 4.69) is 76.2 Å². The molecule has 0 saturated heterocycles. The summed E-state index contributed by atoms with van der Waals surface area (Å²) >= 11 is 0. The maximum atomic E-state index is 13.8. The summed E-state index contributed by atoms with van der Waals surface area (Å²) in [5.41, 5.74) is 2.96. The maximum absolute atomic E-state index is 13.8. The molecule has 288 valence electrons. The fraction of sp³-hybridized carbons (Fsp3) is 1.00. The number of hydrogen-bond acceptors (Lipinski definition) is 0. The van der Waals surface area contributed by atoms with E-state index in [0.29, 0.717) is 16.7 Å². The third-order valence-electron chi connectivity index (χ3n) is 17.8. The van der Waals surface area contributed by atoms with Crippen LogP contribution in [0, 0.1) is 73.9 Å². The quantitative estimate of drug-likeness (QED) is 0.270. The number of halogens is 2. The highest BCUT2D eigenvalue weighted by molar-refractivity contribution is 5.19. The zero-order valence-corrected chi connectivity index (χ0v) is 33.2. The summed E-state index contributed by atoms with van der Waals surface area (Å²) in [5, 5.41) is 0. The topological polar surface area (TPSA) is 0 Å². The second-order valence-corrected chi connectivity index (χ2v) is 22.6. The normalized spacial score (nSPS) is 45.6. The Kier molecular flexibility index (Phi) is 11.6. The number of alkyl halides is 2. The van der Waals surface area contributed by atoms with E-state index < -0.39 is 11.3 Å². The average Bonchev–Trinajstić information content (AvgIpc) is 3.64. The van der Waals surface area contributed by atoms with Gasteiger partial charge < -0.3 is 0 Å². The minimum absolute atomic E-state index is 0. The fourth-order valence-electron chi connectivity index (χ4n) is 12.8. The smallest absolute Gasteiger partial charge is 0.112 e. The van der Waals surface area contributed by atoms with Crippen LogP contribution in [0.1, 0.15) is 213 Å². The molecule has 14 fully saturated rings. The second-order valence-electron chi connectivity index (χ2n) is 22.6. The molecule has 8 bridgehead atoms. The van der Waals surface area contributed by atoms with E-state index in [1.54, 1.807) is 44.9 Å². The standard InChI is InChI=1S/C11H19F.2C9H16.C8H13F.C8H14.2CH4/c1-9(2)10-3-6-11(12,7-4-10)8-5-10;1-7(2)9-4-8(3,5-9)6-9;1-7(2)8-5-9(6-8)3-4-9;1-6(2)7-3-8(9,4-7)5-7;1-6(2)8-3-7(4-8)5-8;;/h9H,3-8H2,1-2H3;7H,4-6H2,1-3H3;7-8H,3-6H2,1-2H3;6H,3-5H2,1-2H3;6-7H,3-5H2,1-2H3;2*1H4. The van der Waals surface area contributed by atoms with Crippen LogP contribution in [-0.2, 0) is 0 Å². The van der Waals surface area contributed by atoms with E-state index in [1.807, 2.05) is 0 Å². The molecule has 14 rings (SSSR count). The second kappa shape index (κ2) is 13.6. The van der Waals surface area contributed by atoms with Crippen LogP contribution >= 0.6 is 0 Å². The van der Waals surface area contributed by atoms with E-state index in [-0.39, 0.29) is 14.9 Å². The average molecular weight is 689 g/mol. The summed E-state index contributed by atoms with van der Waals surface area (Å²) in [5.74, 6) is 6.57. The lowest BCUT2D eigenvalue weighted by atomic mass is 9.33. The zero-order chi connectivity index (χ0) is 34.5. The van der Waals surface area contributed by atoms with E-state index in [4.69, 9.17) is 0 Å². The Morgan fingerprint density at radius 3 is 0.980 bits per heavy atom. The van der Waals surface area contributed by atoms with Gasteiger partial charge in [0, 0.05) is 0 Å². The van der Waals surface area contributed by atoms with Crippen molar-refractivity contribution in [2.45, 2.75) is 224 Å². The lowest BCUT2D eigenvalue weighted by Gasteiger charge is -2.72.